The molecule has 6 nitrogen and oxygen atoms in total. The topological polar surface area (TPSA) is 69.7 Å². The highest BCUT2D eigenvalue weighted by Gasteiger charge is 2.74. The third-order valence-corrected chi connectivity index (χ3v) is 7.21. The SMILES string of the molecule is CCC(C)N1C(=O)C2C3CCCN3C3(C(=O)Nc4ccc(C)cc43)C2C1=O. The Balaban J connectivity index is 1.74. The number of benzene rings is 1. The van der Waals surface area contributed by atoms with E-state index in [0.29, 0.717) is 0 Å². The molecular weight excluding hydrogens is 342 g/mol. The van der Waals surface area contributed by atoms with E-state index >= 15 is 0 Å². The molecule has 4 aliphatic heterocycles. The molecule has 1 aromatic carbocycles. The van der Waals surface area contributed by atoms with Crippen LogP contribution in [0.2, 0.25) is 0 Å². The molecule has 0 saturated carbocycles. The van der Waals surface area contributed by atoms with Gasteiger partial charge in [-0.25, -0.2) is 0 Å². The van der Waals surface area contributed by atoms with Gasteiger partial charge in [-0.05, 0) is 45.7 Å². The zero-order valence-corrected chi connectivity index (χ0v) is 16.0. The summed E-state index contributed by atoms with van der Waals surface area (Å²) < 4.78 is 0. The Bertz CT molecular complexity index is 881. The minimum atomic E-state index is -1.04. The predicted octanol–water partition coefficient (Wildman–Crippen LogP) is 2.02. The zero-order valence-electron chi connectivity index (χ0n) is 16.0. The number of nitrogens with one attached hydrogen (secondary N) is 1. The number of amides is 3. The number of hydrogen-bond acceptors (Lipinski definition) is 4. The number of likely N-dealkylation sites (tertiary alicyclic amines) is 1. The van der Waals surface area contributed by atoms with Crippen molar-refractivity contribution in [2.75, 3.05) is 11.9 Å². The van der Waals surface area contributed by atoms with Gasteiger partial charge in [-0.3, -0.25) is 24.2 Å². The minimum Gasteiger partial charge on any atom is -0.324 e. The van der Waals surface area contributed by atoms with Crippen LogP contribution < -0.4 is 5.32 Å². The summed E-state index contributed by atoms with van der Waals surface area (Å²) in [7, 11) is 0. The fourth-order valence-electron chi connectivity index (χ4n) is 5.96. The summed E-state index contributed by atoms with van der Waals surface area (Å²) in [6.45, 7) is 6.65. The van der Waals surface area contributed by atoms with Gasteiger partial charge in [0, 0.05) is 23.3 Å². The summed E-state index contributed by atoms with van der Waals surface area (Å²) in [5, 5.41) is 3.01. The maximum atomic E-state index is 13.5. The van der Waals surface area contributed by atoms with Gasteiger partial charge in [0.1, 0.15) is 5.54 Å². The number of nitrogens with zero attached hydrogens (tertiary/aromatic N) is 2. The smallest absolute Gasteiger partial charge is 0.250 e. The van der Waals surface area contributed by atoms with Gasteiger partial charge in [-0.2, -0.15) is 0 Å². The normalized spacial score (nSPS) is 35.6. The number of aryl methyl sites for hydroxylation is 1. The summed E-state index contributed by atoms with van der Waals surface area (Å²) in [4.78, 5) is 43.9. The fraction of sp³-hybridized carbons (Fsp3) is 0.571. The van der Waals surface area contributed by atoms with E-state index < -0.39 is 17.4 Å². The van der Waals surface area contributed by atoms with Crippen molar-refractivity contribution in [3.8, 4) is 0 Å². The number of anilines is 1. The second kappa shape index (κ2) is 5.41. The molecule has 6 heteroatoms. The van der Waals surface area contributed by atoms with E-state index in [2.05, 4.69) is 10.2 Å². The van der Waals surface area contributed by atoms with Gasteiger partial charge >= 0.3 is 0 Å². The number of rotatable bonds is 2. The molecule has 5 rings (SSSR count). The van der Waals surface area contributed by atoms with Crippen molar-refractivity contribution in [2.24, 2.45) is 11.8 Å². The molecule has 3 saturated heterocycles. The molecule has 4 heterocycles. The van der Waals surface area contributed by atoms with Crippen LogP contribution in [0.3, 0.4) is 0 Å². The number of hydrogen-bond donors (Lipinski definition) is 1. The van der Waals surface area contributed by atoms with E-state index in [-0.39, 0.29) is 29.8 Å². The van der Waals surface area contributed by atoms with Gasteiger partial charge in [-0.1, -0.05) is 24.6 Å². The van der Waals surface area contributed by atoms with Crippen molar-refractivity contribution in [1.29, 1.82) is 0 Å². The van der Waals surface area contributed by atoms with Gasteiger partial charge in [0.15, 0.2) is 0 Å². The minimum absolute atomic E-state index is 0.0299. The Morgan fingerprint density at radius 2 is 2.04 bits per heavy atom. The van der Waals surface area contributed by atoms with Gasteiger partial charge in [0.25, 0.3) is 0 Å². The lowest BCUT2D eigenvalue weighted by molar-refractivity contribution is -0.147. The van der Waals surface area contributed by atoms with Gasteiger partial charge in [-0.15, -0.1) is 0 Å². The predicted molar refractivity (Wildman–Crippen MR) is 99.8 cm³/mol. The highest BCUT2D eigenvalue weighted by Crippen LogP contribution is 2.60. The summed E-state index contributed by atoms with van der Waals surface area (Å²) in [5.74, 6) is -1.42. The molecule has 27 heavy (non-hydrogen) atoms. The highest BCUT2D eigenvalue weighted by atomic mass is 16.2. The fourth-order valence-corrected chi connectivity index (χ4v) is 5.96. The Hall–Kier alpha value is -2.21. The molecule has 0 aromatic heterocycles. The molecule has 3 amide bonds. The molecule has 4 aliphatic rings. The monoisotopic (exact) mass is 367 g/mol. The number of carbonyl (C=O) groups is 3. The second-order valence-corrected chi connectivity index (χ2v) is 8.48. The zero-order chi connectivity index (χ0) is 19.1. The van der Waals surface area contributed by atoms with E-state index in [0.717, 1.165) is 42.6 Å². The lowest BCUT2D eigenvalue weighted by Gasteiger charge is -2.37. The van der Waals surface area contributed by atoms with Crippen LogP contribution in [0.5, 0.6) is 0 Å². The first-order valence-corrected chi connectivity index (χ1v) is 9.99. The third kappa shape index (κ3) is 1.82. The van der Waals surface area contributed by atoms with Gasteiger partial charge in [0.2, 0.25) is 17.7 Å². The molecule has 3 fully saturated rings. The second-order valence-electron chi connectivity index (χ2n) is 8.48. The van der Waals surface area contributed by atoms with Gasteiger partial charge in [0.05, 0.1) is 11.8 Å². The average Bonchev–Trinajstić information content (AvgIpc) is 3.33. The summed E-state index contributed by atoms with van der Waals surface area (Å²) >= 11 is 0. The Kier molecular flexibility index (Phi) is 3.39. The van der Waals surface area contributed by atoms with E-state index in [1.165, 1.54) is 4.90 Å². The number of imide groups is 1. The maximum absolute atomic E-state index is 13.5. The molecule has 5 unspecified atom stereocenters. The Morgan fingerprint density at radius 1 is 1.26 bits per heavy atom. The van der Waals surface area contributed by atoms with Crippen LogP contribution in [-0.2, 0) is 19.9 Å². The van der Waals surface area contributed by atoms with Gasteiger partial charge < -0.3 is 5.32 Å². The molecule has 0 aliphatic carbocycles. The number of carbonyl (C=O) groups excluding carboxylic acids is 3. The molecule has 0 radical (unpaired) electrons. The van der Waals surface area contributed by atoms with Crippen LogP contribution in [0, 0.1) is 18.8 Å². The third-order valence-electron chi connectivity index (χ3n) is 7.21. The van der Waals surface area contributed by atoms with Crippen LogP contribution in [0.15, 0.2) is 18.2 Å². The van der Waals surface area contributed by atoms with E-state index in [1.807, 2.05) is 39.0 Å². The average molecular weight is 367 g/mol. The molecule has 1 aromatic rings. The highest BCUT2D eigenvalue weighted by molar-refractivity contribution is 6.15. The molecule has 0 bridgehead atoms. The first-order valence-electron chi connectivity index (χ1n) is 9.99. The first kappa shape index (κ1) is 16.9. The van der Waals surface area contributed by atoms with Crippen LogP contribution in [0.1, 0.15) is 44.2 Å². The molecular formula is C21H25N3O3. The molecule has 142 valence electrons. The van der Waals surface area contributed by atoms with Crippen LogP contribution in [0.4, 0.5) is 5.69 Å². The summed E-state index contributed by atoms with van der Waals surface area (Å²) in [5.41, 5.74) is 1.67. The van der Waals surface area contributed by atoms with Crippen molar-refractivity contribution in [3.63, 3.8) is 0 Å². The van der Waals surface area contributed by atoms with E-state index in [4.69, 9.17) is 0 Å². The van der Waals surface area contributed by atoms with Crippen LogP contribution in [0.25, 0.3) is 0 Å². The van der Waals surface area contributed by atoms with Crippen molar-refractivity contribution in [2.45, 2.75) is 57.7 Å². The van der Waals surface area contributed by atoms with Crippen molar-refractivity contribution >= 4 is 23.4 Å². The van der Waals surface area contributed by atoms with Crippen molar-refractivity contribution < 1.29 is 14.4 Å². The standard InChI is InChI=1S/C21H25N3O3/c1-4-12(3)24-18(25)16-15-6-5-9-23(15)21(17(16)19(24)26)13-10-11(2)7-8-14(13)22-20(21)27/h7-8,10,12,15-17H,4-6,9H2,1-3H3,(H,22,27). The van der Waals surface area contributed by atoms with Crippen molar-refractivity contribution in [3.05, 3.63) is 29.3 Å². The Labute approximate surface area is 158 Å². The number of fused-ring (bicyclic) bond motifs is 7. The van der Waals surface area contributed by atoms with E-state index in [9.17, 15) is 14.4 Å². The van der Waals surface area contributed by atoms with Crippen molar-refractivity contribution in [1.82, 2.24) is 9.80 Å². The molecule has 1 N–H and O–H groups in total. The maximum Gasteiger partial charge on any atom is 0.250 e. The molecule has 1 spiro atoms. The summed E-state index contributed by atoms with van der Waals surface area (Å²) in [6, 6.07) is 5.75. The first-order chi connectivity index (χ1) is 12.9. The van der Waals surface area contributed by atoms with E-state index in [1.54, 1.807) is 0 Å². The summed E-state index contributed by atoms with van der Waals surface area (Å²) in [6.07, 6.45) is 2.54. The lowest BCUT2D eigenvalue weighted by atomic mass is 9.75. The molecule has 5 atom stereocenters. The largest absolute Gasteiger partial charge is 0.324 e. The lowest BCUT2D eigenvalue weighted by Crippen LogP contribution is -2.54. The Morgan fingerprint density at radius 3 is 2.78 bits per heavy atom. The van der Waals surface area contributed by atoms with Crippen LogP contribution in [-0.4, -0.2) is 46.1 Å². The van der Waals surface area contributed by atoms with Crippen LogP contribution >= 0.6 is 0 Å². The quantitative estimate of drug-likeness (QED) is 0.812.